The lowest BCUT2D eigenvalue weighted by molar-refractivity contribution is 0.139. The van der Waals surface area contributed by atoms with Gasteiger partial charge in [0.25, 0.3) is 0 Å². The SMILES string of the molecule is CCOCCCC1CCC(Br)C1. The number of hydrogen-bond donors (Lipinski definition) is 0. The second-order valence-corrected chi connectivity index (χ2v) is 4.91. The van der Waals surface area contributed by atoms with Crippen molar-refractivity contribution in [2.75, 3.05) is 13.2 Å². The lowest BCUT2D eigenvalue weighted by Gasteiger charge is -2.08. The molecule has 2 atom stereocenters. The molecule has 0 N–H and O–H groups in total. The van der Waals surface area contributed by atoms with Crippen LogP contribution >= 0.6 is 15.9 Å². The zero-order chi connectivity index (χ0) is 8.81. The summed E-state index contributed by atoms with van der Waals surface area (Å²) in [4.78, 5) is 0.801. The Morgan fingerprint density at radius 2 is 2.25 bits per heavy atom. The molecule has 0 bridgehead atoms. The molecule has 0 amide bonds. The first kappa shape index (κ1) is 10.5. The molecule has 0 aliphatic heterocycles. The molecule has 0 radical (unpaired) electrons. The van der Waals surface area contributed by atoms with Crippen molar-refractivity contribution in [1.82, 2.24) is 0 Å². The summed E-state index contributed by atoms with van der Waals surface area (Å²) >= 11 is 3.67. The van der Waals surface area contributed by atoms with Crippen LogP contribution in [0.1, 0.15) is 39.0 Å². The highest BCUT2D eigenvalue weighted by Crippen LogP contribution is 2.33. The predicted octanol–water partition coefficient (Wildman–Crippen LogP) is 3.37. The number of alkyl halides is 1. The van der Waals surface area contributed by atoms with Gasteiger partial charge in [-0.15, -0.1) is 0 Å². The highest BCUT2D eigenvalue weighted by Gasteiger charge is 2.21. The van der Waals surface area contributed by atoms with Gasteiger partial charge in [-0.25, -0.2) is 0 Å². The van der Waals surface area contributed by atoms with Crippen molar-refractivity contribution in [2.24, 2.45) is 5.92 Å². The predicted molar refractivity (Wildman–Crippen MR) is 55.8 cm³/mol. The van der Waals surface area contributed by atoms with E-state index in [9.17, 15) is 0 Å². The highest BCUT2D eigenvalue weighted by molar-refractivity contribution is 9.09. The molecular weight excluding hydrogens is 216 g/mol. The minimum absolute atomic E-state index is 0.801. The molecule has 0 heterocycles. The quantitative estimate of drug-likeness (QED) is 0.524. The molecule has 0 spiro atoms. The molecule has 1 aliphatic carbocycles. The minimum atomic E-state index is 0.801. The van der Waals surface area contributed by atoms with E-state index in [2.05, 4.69) is 22.9 Å². The molecule has 1 fully saturated rings. The average molecular weight is 235 g/mol. The van der Waals surface area contributed by atoms with Crippen molar-refractivity contribution < 1.29 is 4.74 Å². The van der Waals surface area contributed by atoms with Gasteiger partial charge >= 0.3 is 0 Å². The van der Waals surface area contributed by atoms with Crippen molar-refractivity contribution in [2.45, 2.75) is 43.9 Å². The van der Waals surface area contributed by atoms with E-state index in [4.69, 9.17) is 4.74 Å². The van der Waals surface area contributed by atoms with Gasteiger partial charge in [-0.05, 0) is 44.9 Å². The average Bonchev–Trinajstić information content (AvgIpc) is 2.45. The van der Waals surface area contributed by atoms with Gasteiger partial charge in [0.1, 0.15) is 0 Å². The van der Waals surface area contributed by atoms with Gasteiger partial charge in [-0.1, -0.05) is 15.9 Å². The summed E-state index contributed by atoms with van der Waals surface area (Å²) < 4.78 is 5.31. The van der Waals surface area contributed by atoms with Crippen LogP contribution in [0.2, 0.25) is 0 Å². The maximum Gasteiger partial charge on any atom is 0.0465 e. The lowest BCUT2D eigenvalue weighted by Crippen LogP contribution is -1.99. The van der Waals surface area contributed by atoms with Gasteiger partial charge < -0.3 is 4.74 Å². The normalized spacial score (nSPS) is 29.5. The summed E-state index contributed by atoms with van der Waals surface area (Å²) in [5.41, 5.74) is 0. The van der Waals surface area contributed by atoms with E-state index in [0.29, 0.717) is 0 Å². The van der Waals surface area contributed by atoms with Gasteiger partial charge in [0, 0.05) is 18.0 Å². The molecule has 1 aliphatic rings. The van der Waals surface area contributed by atoms with E-state index in [1.165, 1.54) is 32.1 Å². The fourth-order valence-corrected chi connectivity index (χ4v) is 2.69. The standard InChI is InChI=1S/C10H19BrO/c1-2-12-7-3-4-9-5-6-10(11)8-9/h9-10H,2-8H2,1H3. The Morgan fingerprint density at radius 3 is 2.83 bits per heavy atom. The Hall–Kier alpha value is 0.440. The van der Waals surface area contributed by atoms with E-state index in [1.54, 1.807) is 0 Å². The van der Waals surface area contributed by atoms with Crippen LogP contribution in [0.4, 0.5) is 0 Å². The van der Waals surface area contributed by atoms with E-state index >= 15 is 0 Å². The topological polar surface area (TPSA) is 9.23 Å². The zero-order valence-corrected chi connectivity index (χ0v) is 9.48. The van der Waals surface area contributed by atoms with Crippen molar-refractivity contribution in [3.05, 3.63) is 0 Å². The third kappa shape index (κ3) is 3.90. The first-order valence-electron chi connectivity index (χ1n) is 5.04. The summed E-state index contributed by atoms with van der Waals surface area (Å²) in [6, 6.07) is 0. The largest absolute Gasteiger partial charge is 0.382 e. The highest BCUT2D eigenvalue weighted by atomic mass is 79.9. The van der Waals surface area contributed by atoms with E-state index in [1.807, 2.05) is 0 Å². The summed E-state index contributed by atoms with van der Waals surface area (Å²) in [5.74, 6) is 0.967. The maximum absolute atomic E-state index is 5.31. The monoisotopic (exact) mass is 234 g/mol. The summed E-state index contributed by atoms with van der Waals surface area (Å²) in [5, 5.41) is 0. The number of hydrogen-bond acceptors (Lipinski definition) is 1. The molecule has 1 rings (SSSR count). The third-order valence-corrected chi connectivity index (χ3v) is 3.41. The van der Waals surface area contributed by atoms with E-state index in [-0.39, 0.29) is 0 Å². The molecule has 0 aromatic heterocycles. The van der Waals surface area contributed by atoms with Crippen LogP contribution in [0.25, 0.3) is 0 Å². The molecule has 72 valence electrons. The van der Waals surface area contributed by atoms with Crippen molar-refractivity contribution in [3.63, 3.8) is 0 Å². The molecule has 1 nitrogen and oxygen atoms in total. The van der Waals surface area contributed by atoms with Gasteiger partial charge in [-0.3, -0.25) is 0 Å². The number of halogens is 1. The number of ether oxygens (including phenoxy) is 1. The molecule has 2 heteroatoms. The van der Waals surface area contributed by atoms with Gasteiger partial charge in [-0.2, -0.15) is 0 Å². The van der Waals surface area contributed by atoms with Crippen molar-refractivity contribution in [1.29, 1.82) is 0 Å². The molecule has 0 aromatic carbocycles. The van der Waals surface area contributed by atoms with Crippen molar-refractivity contribution in [3.8, 4) is 0 Å². The van der Waals surface area contributed by atoms with Crippen LogP contribution < -0.4 is 0 Å². The second-order valence-electron chi connectivity index (χ2n) is 3.62. The van der Waals surface area contributed by atoms with Crippen LogP contribution in [-0.2, 0) is 4.74 Å². The molecule has 0 saturated heterocycles. The minimum Gasteiger partial charge on any atom is -0.382 e. The molecular formula is C10H19BrO. The first-order valence-corrected chi connectivity index (χ1v) is 5.96. The van der Waals surface area contributed by atoms with Gasteiger partial charge in [0.2, 0.25) is 0 Å². The Morgan fingerprint density at radius 1 is 1.42 bits per heavy atom. The summed E-state index contributed by atoms with van der Waals surface area (Å²) in [6.07, 6.45) is 6.79. The zero-order valence-electron chi connectivity index (χ0n) is 7.89. The fourth-order valence-electron chi connectivity index (χ4n) is 1.89. The smallest absolute Gasteiger partial charge is 0.0465 e. The lowest BCUT2D eigenvalue weighted by atomic mass is 10.0. The van der Waals surface area contributed by atoms with E-state index < -0.39 is 0 Å². The Bertz CT molecular complexity index is 116. The summed E-state index contributed by atoms with van der Waals surface area (Å²) in [6.45, 7) is 3.88. The third-order valence-electron chi connectivity index (χ3n) is 2.58. The maximum atomic E-state index is 5.31. The number of rotatable bonds is 5. The van der Waals surface area contributed by atoms with Gasteiger partial charge in [0.15, 0.2) is 0 Å². The molecule has 0 aromatic rings. The van der Waals surface area contributed by atoms with Crippen LogP contribution in [0.15, 0.2) is 0 Å². The molecule has 2 unspecified atom stereocenters. The summed E-state index contributed by atoms with van der Waals surface area (Å²) in [7, 11) is 0. The molecule has 12 heavy (non-hydrogen) atoms. The second kappa shape index (κ2) is 5.98. The fraction of sp³-hybridized carbons (Fsp3) is 1.00. The van der Waals surface area contributed by atoms with Crippen LogP contribution in [0.5, 0.6) is 0 Å². The Balaban J connectivity index is 1.93. The van der Waals surface area contributed by atoms with Crippen LogP contribution in [0.3, 0.4) is 0 Å². The first-order chi connectivity index (χ1) is 5.83. The molecule has 1 saturated carbocycles. The van der Waals surface area contributed by atoms with Crippen LogP contribution in [0, 0.1) is 5.92 Å². The Kier molecular flexibility index (Phi) is 5.24. The van der Waals surface area contributed by atoms with E-state index in [0.717, 1.165) is 24.0 Å². The van der Waals surface area contributed by atoms with Gasteiger partial charge in [0.05, 0.1) is 0 Å². The van der Waals surface area contributed by atoms with Crippen molar-refractivity contribution >= 4 is 15.9 Å². The van der Waals surface area contributed by atoms with Crippen LogP contribution in [-0.4, -0.2) is 18.0 Å². The Labute approximate surface area is 84.0 Å².